The van der Waals surface area contributed by atoms with Gasteiger partial charge in [-0.1, -0.05) is 38.6 Å². The maximum Gasteiger partial charge on any atom is 0.333 e. The molecule has 0 aliphatic rings. The van der Waals surface area contributed by atoms with E-state index in [2.05, 4.69) is 19.6 Å². The lowest BCUT2D eigenvalue weighted by molar-refractivity contribution is -0.139. The number of carboxylic acid groups (broad SMARTS) is 1. The maximum absolute atomic E-state index is 11.9. The van der Waals surface area contributed by atoms with Crippen molar-refractivity contribution in [3.05, 3.63) is 11.6 Å². The number of carbonyl (C=O) groups is 2. The minimum atomic E-state index is -1.34. The fourth-order valence-corrected chi connectivity index (χ4v) is 3.50. The lowest BCUT2D eigenvalue weighted by atomic mass is 10.1. The minimum absolute atomic E-state index is 0.175. The van der Waals surface area contributed by atoms with Gasteiger partial charge in [0.1, 0.15) is 0 Å². The van der Waals surface area contributed by atoms with Gasteiger partial charge in [0.25, 0.3) is 0 Å². The number of hydrogen-bond donors (Lipinski definition) is 1. The molecule has 1 N–H and O–H groups in total. The number of aliphatic carboxylic acids is 1. The lowest BCUT2D eigenvalue weighted by Crippen LogP contribution is -2.23. The third-order valence-corrected chi connectivity index (χ3v) is 4.44. The second kappa shape index (κ2) is 10.6. The fraction of sp³-hybridized carbons (Fsp3) is 0.750. The second-order valence-electron chi connectivity index (χ2n) is 6.53. The molecule has 0 saturated carbocycles. The van der Waals surface area contributed by atoms with Gasteiger partial charge in [0.2, 0.25) is 0 Å². The molecule has 0 rings (SSSR count). The summed E-state index contributed by atoms with van der Waals surface area (Å²) in [6.45, 7) is 8.97. The van der Waals surface area contributed by atoms with Crippen LogP contribution in [-0.2, 0) is 14.3 Å². The Bertz CT molecular complexity index is 356. The van der Waals surface area contributed by atoms with E-state index in [9.17, 15) is 9.59 Å². The van der Waals surface area contributed by atoms with E-state index in [1.165, 1.54) is 0 Å². The van der Waals surface area contributed by atoms with Gasteiger partial charge in [0, 0.05) is 20.1 Å². The molecule has 0 amide bonds. The highest BCUT2D eigenvalue weighted by Crippen LogP contribution is 2.19. The highest BCUT2D eigenvalue weighted by molar-refractivity contribution is 6.77. The van der Waals surface area contributed by atoms with Gasteiger partial charge < -0.3 is 9.84 Å². The van der Waals surface area contributed by atoms with Crippen molar-refractivity contribution in [1.82, 2.24) is 0 Å². The summed E-state index contributed by atoms with van der Waals surface area (Å²) in [6.07, 6.45) is 6.81. The van der Waals surface area contributed by atoms with E-state index in [1.807, 2.05) is 13.0 Å². The number of unbranched alkanes of at least 4 members (excludes halogenated alkanes) is 4. The van der Waals surface area contributed by atoms with Gasteiger partial charge in [-0.2, -0.15) is 0 Å². The number of ether oxygens (including phenoxy) is 1. The van der Waals surface area contributed by atoms with Gasteiger partial charge in [-0.15, -0.1) is 0 Å². The first-order valence-electron chi connectivity index (χ1n) is 7.84. The first kappa shape index (κ1) is 19.9. The van der Waals surface area contributed by atoms with E-state index >= 15 is 0 Å². The molecule has 0 aromatic rings. The van der Waals surface area contributed by atoms with Crippen LogP contribution in [0.4, 0.5) is 0 Å². The van der Waals surface area contributed by atoms with Crippen molar-refractivity contribution < 1.29 is 19.4 Å². The Kier molecular flexibility index (Phi) is 10.0. The van der Waals surface area contributed by atoms with Crippen molar-refractivity contribution in [2.24, 2.45) is 0 Å². The van der Waals surface area contributed by atoms with Crippen molar-refractivity contribution in [1.29, 1.82) is 0 Å². The Morgan fingerprint density at radius 1 is 1.10 bits per heavy atom. The highest BCUT2D eigenvalue weighted by Gasteiger charge is 2.20. The van der Waals surface area contributed by atoms with Crippen molar-refractivity contribution in [3.63, 3.8) is 0 Å². The summed E-state index contributed by atoms with van der Waals surface area (Å²) < 4.78 is 5.12. The molecule has 0 bridgehead atoms. The van der Waals surface area contributed by atoms with E-state index in [0.717, 1.165) is 43.7 Å². The van der Waals surface area contributed by atoms with Crippen LogP contribution in [0.3, 0.4) is 0 Å². The maximum atomic E-state index is 11.9. The standard InChI is InChI=1S/C16H30O4Si/c1-5-20-16(19)14(13-21(2,3)4)11-9-7-6-8-10-12-15(17)18/h11H,5-10,12-13H2,1-4H3,(H,17,18)/b14-11+. The largest absolute Gasteiger partial charge is 0.481 e. The number of carboxylic acids is 1. The van der Waals surface area contributed by atoms with Gasteiger partial charge >= 0.3 is 11.9 Å². The summed E-state index contributed by atoms with van der Waals surface area (Å²) in [6, 6.07) is 0.852. The first-order valence-corrected chi connectivity index (χ1v) is 11.5. The Hall–Kier alpha value is -1.10. The molecule has 0 heterocycles. The summed E-state index contributed by atoms with van der Waals surface area (Å²) >= 11 is 0. The van der Waals surface area contributed by atoms with Crippen LogP contribution in [-0.4, -0.2) is 31.7 Å². The Morgan fingerprint density at radius 3 is 2.24 bits per heavy atom. The average Bonchev–Trinajstić information content (AvgIpc) is 2.34. The SMILES string of the molecule is CCOC(=O)/C(=C/CCCCCCC(=O)O)C[Si](C)(C)C. The number of hydrogen-bond acceptors (Lipinski definition) is 3. The molecule has 0 radical (unpaired) electrons. The molecule has 0 spiro atoms. The van der Waals surface area contributed by atoms with Gasteiger partial charge in [0.15, 0.2) is 0 Å². The quantitative estimate of drug-likeness (QED) is 0.268. The normalized spacial score (nSPS) is 12.3. The predicted octanol–water partition coefficient (Wildman–Crippen LogP) is 4.24. The van der Waals surface area contributed by atoms with E-state index in [-0.39, 0.29) is 12.4 Å². The molecule has 0 aliphatic carbocycles. The molecular weight excluding hydrogens is 284 g/mol. The molecule has 0 aliphatic heterocycles. The molecule has 0 aromatic carbocycles. The van der Waals surface area contributed by atoms with Gasteiger partial charge in [-0.3, -0.25) is 4.79 Å². The first-order chi connectivity index (χ1) is 9.76. The molecule has 0 atom stereocenters. The molecule has 0 aromatic heterocycles. The summed E-state index contributed by atoms with van der Waals surface area (Å²) in [5.41, 5.74) is 0.821. The van der Waals surface area contributed by atoms with Crippen LogP contribution in [0.2, 0.25) is 25.7 Å². The van der Waals surface area contributed by atoms with Crippen molar-refractivity contribution >= 4 is 20.0 Å². The summed E-state index contributed by atoms with van der Waals surface area (Å²) in [5, 5.41) is 8.55. The van der Waals surface area contributed by atoms with E-state index in [4.69, 9.17) is 9.84 Å². The van der Waals surface area contributed by atoms with Crippen molar-refractivity contribution in [2.75, 3.05) is 6.61 Å². The van der Waals surface area contributed by atoms with Crippen LogP contribution in [0.25, 0.3) is 0 Å². The van der Waals surface area contributed by atoms with Crippen LogP contribution >= 0.6 is 0 Å². The van der Waals surface area contributed by atoms with Crippen LogP contribution in [0.5, 0.6) is 0 Å². The van der Waals surface area contributed by atoms with Crippen LogP contribution < -0.4 is 0 Å². The number of esters is 1. The van der Waals surface area contributed by atoms with Crippen molar-refractivity contribution in [2.45, 2.75) is 71.1 Å². The fourth-order valence-electron chi connectivity index (χ4n) is 2.07. The third-order valence-electron chi connectivity index (χ3n) is 2.99. The minimum Gasteiger partial charge on any atom is -0.481 e. The molecule has 4 nitrogen and oxygen atoms in total. The Morgan fingerprint density at radius 2 is 1.71 bits per heavy atom. The molecule has 122 valence electrons. The van der Waals surface area contributed by atoms with Crippen molar-refractivity contribution in [3.8, 4) is 0 Å². The molecule has 0 unspecified atom stereocenters. The predicted molar refractivity (Wildman–Crippen MR) is 88.2 cm³/mol. The third kappa shape index (κ3) is 12.4. The number of allylic oxidation sites excluding steroid dienone is 1. The monoisotopic (exact) mass is 314 g/mol. The Balaban J connectivity index is 4.18. The van der Waals surface area contributed by atoms with Gasteiger partial charge in [0.05, 0.1) is 6.61 Å². The van der Waals surface area contributed by atoms with Crippen LogP contribution in [0.1, 0.15) is 45.4 Å². The molecule has 0 saturated heterocycles. The zero-order valence-electron chi connectivity index (χ0n) is 13.9. The smallest absolute Gasteiger partial charge is 0.333 e. The summed E-state index contributed by atoms with van der Waals surface area (Å²) in [4.78, 5) is 22.3. The molecule has 21 heavy (non-hydrogen) atoms. The topological polar surface area (TPSA) is 63.6 Å². The van der Waals surface area contributed by atoms with E-state index in [1.54, 1.807) is 0 Å². The van der Waals surface area contributed by atoms with Crippen LogP contribution in [0, 0.1) is 0 Å². The lowest BCUT2D eigenvalue weighted by Gasteiger charge is -2.17. The summed E-state index contributed by atoms with van der Waals surface area (Å²) in [5.74, 6) is -0.902. The second-order valence-corrected chi connectivity index (χ2v) is 12.0. The van der Waals surface area contributed by atoms with Gasteiger partial charge in [-0.05, 0) is 32.2 Å². The van der Waals surface area contributed by atoms with E-state index < -0.39 is 14.0 Å². The number of rotatable bonds is 11. The van der Waals surface area contributed by atoms with Crippen LogP contribution in [0.15, 0.2) is 11.6 Å². The Labute approximate surface area is 129 Å². The number of carbonyl (C=O) groups excluding carboxylic acids is 1. The molecule has 5 heteroatoms. The average molecular weight is 314 g/mol. The molecular formula is C16H30O4Si. The van der Waals surface area contributed by atoms with E-state index in [0.29, 0.717) is 6.61 Å². The zero-order valence-corrected chi connectivity index (χ0v) is 14.9. The zero-order chi connectivity index (χ0) is 16.3. The summed E-state index contributed by atoms with van der Waals surface area (Å²) in [7, 11) is -1.34. The highest BCUT2D eigenvalue weighted by atomic mass is 28.3. The van der Waals surface area contributed by atoms with Gasteiger partial charge in [-0.25, -0.2) is 4.79 Å². The molecule has 0 fully saturated rings.